The van der Waals surface area contributed by atoms with Crippen molar-refractivity contribution in [1.29, 1.82) is 0 Å². The van der Waals surface area contributed by atoms with Crippen molar-refractivity contribution in [2.75, 3.05) is 52.9 Å². The van der Waals surface area contributed by atoms with Crippen LogP contribution in [0.15, 0.2) is 0 Å². The van der Waals surface area contributed by atoms with Crippen molar-refractivity contribution >= 4 is 39.5 Å². The molecule has 5 unspecified atom stereocenters. The maximum absolute atomic E-state index is 12.7. The van der Waals surface area contributed by atoms with Gasteiger partial charge in [0.2, 0.25) is 0 Å². The Kier molecular flexibility index (Phi) is 73.0. The van der Waals surface area contributed by atoms with Crippen LogP contribution in [-0.4, -0.2) is 113 Å². The number of unbranched alkanes of at least 4 members (excludes halogenated alkanes) is 42. The summed E-state index contributed by atoms with van der Waals surface area (Å²) in [6.07, 6.45) is 53.0. The molecule has 20 nitrogen and oxygen atoms in total. The maximum atomic E-state index is 12.7. The molecule has 0 spiro atoms. The van der Waals surface area contributed by atoms with Gasteiger partial charge in [-0.1, -0.05) is 304 Å². The van der Waals surface area contributed by atoms with Crippen molar-refractivity contribution in [2.24, 2.45) is 0 Å². The largest absolute Gasteiger partial charge is 1.00 e. The minimum absolute atomic E-state index is 0. The molecule has 2 fully saturated rings. The van der Waals surface area contributed by atoms with Gasteiger partial charge in [0.05, 0.1) is 39.6 Å². The first-order valence-electron chi connectivity index (χ1n) is 40.3. The third-order valence-corrected chi connectivity index (χ3v) is 19.9. The second kappa shape index (κ2) is 71.5. The summed E-state index contributed by atoms with van der Waals surface area (Å²) in [4.78, 5) is 75.1. The quantitative estimate of drug-likeness (QED) is 0.0180. The third-order valence-electron chi connectivity index (χ3n) is 18.0. The fourth-order valence-electron chi connectivity index (χ4n) is 11.9. The molecule has 586 valence electrons. The molecule has 0 radical (unpaired) electrons. The van der Waals surface area contributed by atoms with E-state index in [-0.39, 0.29) is 131 Å². The summed E-state index contributed by atoms with van der Waals surface area (Å²) in [6.45, 7) is 12.9. The SMILES string of the molecule is CCCCCCCCCCCCCC(=O)OC[C@H](COP(=O)([O-])OCC1COC(C)(C)O1)OC(=O)CCCCCCCCCCCCC.CCCCCCCCCCCCCC(=O)OC[C@H](COP(=O)([O-])OCC1COC(CCCCC)O1)OC(=O)CCCCCCCCCCCCC.[Na+].[Na+]. The first-order chi connectivity index (χ1) is 47.9. The summed E-state index contributed by atoms with van der Waals surface area (Å²) in [6, 6.07) is 0. The van der Waals surface area contributed by atoms with Crippen molar-refractivity contribution < 1.29 is 153 Å². The number of carbonyl (C=O) groups excluding carboxylic acids is 4. The van der Waals surface area contributed by atoms with Gasteiger partial charge in [-0.15, -0.1) is 0 Å². The summed E-state index contributed by atoms with van der Waals surface area (Å²) in [5.41, 5.74) is 0. The molecule has 2 rings (SSSR count). The van der Waals surface area contributed by atoms with Crippen molar-refractivity contribution in [3.63, 3.8) is 0 Å². The van der Waals surface area contributed by atoms with Crippen molar-refractivity contribution in [2.45, 2.75) is 419 Å². The predicted octanol–water partition coefficient (Wildman–Crippen LogP) is 14.2. The zero-order valence-electron chi connectivity index (χ0n) is 65.9. The molecule has 0 aromatic heterocycles. The summed E-state index contributed by atoms with van der Waals surface area (Å²) in [5.74, 6) is -2.55. The number of hydrogen-bond donors (Lipinski definition) is 0. The van der Waals surface area contributed by atoms with Gasteiger partial charge in [0.15, 0.2) is 24.3 Å². The van der Waals surface area contributed by atoms with E-state index in [1.54, 1.807) is 13.8 Å². The molecule has 0 amide bonds. The average Bonchev–Trinajstić information content (AvgIpc) is 1.76. The van der Waals surface area contributed by atoms with Gasteiger partial charge < -0.3 is 65.8 Å². The Morgan fingerprint density at radius 3 is 0.950 bits per heavy atom. The molecule has 0 N–H and O–H groups in total. The normalized spacial score (nSPS) is 17.3. The standard InChI is InChI=1S/C40H77O10P.C37H71O10P.2Na/c1-4-7-10-12-14-16-18-20-22-24-27-29-38(41)45-32-36(49-39(42)30-28-25-23-21-19-17-15-13-11-8-5-2)34-47-51(43,44)48-35-37-33-46-40(50-37)31-26-9-6-3;1-5-7-9-11-13-15-17-19-21-23-25-27-35(38)42-29-33(31-44-48(40,41)45-32-34-30-43-37(3,4)47-34)46-36(39)28-26-24-22-20-18-16-14-12-10-8-6-2;;/h36-37,40H,4-35H2,1-3H3,(H,43,44);33-34H,5-32H2,1-4H3,(H,40,41);;/q;;2*+1/p-2/t36-,37?,40?;33-,34?;;/m11../s1. The molecule has 0 saturated carbocycles. The topological polar surface area (TPSA) is 259 Å². The van der Waals surface area contributed by atoms with Crippen LogP contribution in [0.3, 0.4) is 0 Å². The fraction of sp³-hybridized carbons (Fsp3) is 0.948. The van der Waals surface area contributed by atoms with Crippen LogP contribution < -0.4 is 68.9 Å². The van der Waals surface area contributed by atoms with Crippen LogP contribution in [0.1, 0.15) is 382 Å². The molecule has 2 aliphatic rings. The van der Waals surface area contributed by atoms with Crippen LogP contribution >= 0.6 is 15.6 Å². The van der Waals surface area contributed by atoms with E-state index in [4.69, 9.17) is 56.0 Å². The van der Waals surface area contributed by atoms with E-state index in [0.717, 1.165) is 103 Å². The fourth-order valence-corrected chi connectivity index (χ4v) is 13.4. The Hall–Kier alpha value is -0.0600. The van der Waals surface area contributed by atoms with Crippen LogP contribution in [-0.2, 0) is 84.3 Å². The molecule has 2 saturated heterocycles. The van der Waals surface area contributed by atoms with E-state index >= 15 is 0 Å². The molecule has 7 atom stereocenters. The van der Waals surface area contributed by atoms with E-state index in [9.17, 15) is 38.1 Å². The van der Waals surface area contributed by atoms with E-state index in [1.165, 1.54) is 193 Å². The van der Waals surface area contributed by atoms with Crippen LogP contribution in [0.5, 0.6) is 0 Å². The van der Waals surface area contributed by atoms with Crippen molar-refractivity contribution in [1.82, 2.24) is 0 Å². The summed E-state index contributed by atoms with van der Waals surface area (Å²) in [5, 5.41) is 0. The Morgan fingerprint density at radius 2 is 0.653 bits per heavy atom. The second-order valence-corrected chi connectivity index (χ2v) is 31.1. The van der Waals surface area contributed by atoms with Gasteiger partial charge in [0, 0.05) is 25.7 Å². The Bertz CT molecular complexity index is 2010. The number of hydrogen-bond acceptors (Lipinski definition) is 20. The molecule has 0 aromatic rings. The number of rotatable bonds is 70. The molecule has 101 heavy (non-hydrogen) atoms. The van der Waals surface area contributed by atoms with Gasteiger partial charge in [-0.3, -0.25) is 28.3 Å². The zero-order chi connectivity index (χ0) is 72.6. The molecular formula is C77H146Na2O20P2. The smallest absolute Gasteiger partial charge is 0.756 e. The van der Waals surface area contributed by atoms with E-state index in [0.29, 0.717) is 12.8 Å². The average molecular weight is 1500 g/mol. The van der Waals surface area contributed by atoms with Crippen LogP contribution in [0, 0.1) is 0 Å². The summed E-state index contributed by atoms with van der Waals surface area (Å²) >= 11 is 0. The van der Waals surface area contributed by atoms with Crippen LogP contribution in [0.2, 0.25) is 0 Å². The number of phosphoric ester groups is 2. The van der Waals surface area contributed by atoms with Crippen LogP contribution in [0.4, 0.5) is 0 Å². The Morgan fingerprint density at radius 1 is 0.376 bits per heavy atom. The molecule has 0 bridgehead atoms. The number of carbonyl (C=O) groups is 4. The Balaban J connectivity index is 0. The predicted molar refractivity (Wildman–Crippen MR) is 389 cm³/mol. The molecule has 0 aromatic carbocycles. The first kappa shape index (κ1) is 103. The minimum Gasteiger partial charge on any atom is -0.756 e. The zero-order valence-corrected chi connectivity index (χ0v) is 71.7. The monoisotopic (exact) mass is 1500 g/mol. The number of phosphoric acid groups is 2. The van der Waals surface area contributed by atoms with Gasteiger partial charge in [0.1, 0.15) is 25.4 Å². The Labute approximate surface area is 659 Å². The minimum atomic E-state index is -4.74. The molecule has 2 aliphatic heterocycles. The van der Waals surface area contributed by atoms with Crippen molar-refractivity contribution in [3.05, 3.63) is 0 Å². The summed E-state index contributed by atoms with van der Waals surface area (Å²) in [7, 11) is -9.48. The van der Waals surface area contributed by atoms with Gasteiger partial charge >= 0.3 is 83.0 Å². The molecule has 2 heterocycles. The first-order valence-corrected chi connectivity index (χ1v) is 43.3. The molecular weight excluding hydrogens is 1350 g/mol. The summed E-state index contributed by atoms with van der Waals surface area (Å²) < 4.78 is 89.3. The van der Waals surface area contributed by atoms with Gasteiger partial charge in [-0.2, -0.15) is 0 Å². The second-order valence-electron chi connectivity index (χ2n) is 28.3. The third kappa shape index (κ3) is 67.8. The van der Waals surface area contributed by atoms with Gasteiger partial charge in [-0.25, -0.2) is 0 Å². The van der Waals surface area contributed by atoms with Gasteiger partial charge in [-0.05, 0) is 52.4 Å². The molecule has 24 heteroatoms. The molecule has 0 aliphatic carbocycles. The van der Waals surface area contributed by atoms with E-state index in [1.807, 2.05) is 0 Å². The van der Waals surface area contributed by atoms with Gasteiger partial charge in [0.25, 0.3) is 15.6 Å². The van der Waals surface area contributed by atoms with E-state index < -0.39 is 82.9 Å². The van der Waals surface area contributed by atoms with E-state index in [2.05, 4.69) is 34.6 Å². The number of esters is 4. The maximum Gasteiger partial charge on any atom is 1.00 e. The number of ether oxygens (including phenoxy) is 8. The van der Waals surface area contributed by atoms with Crippen LogP contribution in [0.25, 0.3) is 0 Å². The van der Waals surface area contributed by atoms with Crippen molar-refractivity contribution in [3.8, 4) is 0 Å².